The van der Waals surface area contributed by atoms with Crippen LogP contribution in [0, 0.1) is 24.7 Å². The van der Waals surface area contributed by atoms with Crippen LogP contribution in [0.2, 0.25) is 0 Å². The molecule has 37 heavy (non-hydrogen) atoms. The van der Waals surface area contributed by atoms with E-state index in [9.17, 15) is 9.59 Å². The van der Waals surface area contributed by atoms with Crippen LogP contribution in [0.5, 0.6) is 0 Å². The summed E-state index contributed by atoms with van der Waals surface area (Å²) in [6.45, 7) is 8.41. The van der Waals surface area contributed by atoms with Crippen LogP contribution in [0.1, 0.15) is 55.0 Å². The number of nitrogens with one attached hydrogen (secondary N) is 1. The monoisotopic (exact) mass is 533 g/mol. The number of para-hydroxylation sites is 1. The second-order valence-electron chi connectivity index (χ2n) is 10.7. The Morgan fingerprint density at radius 3 is 2.51 bits per heavy atom. The molecule has 0 unspecified atom stereocenters. The van der Waals surface area contributed by atoms with E-state index in [0.717, 1.165) is 41.2 Å². The number of aromatic nitrogens is 1. The van der Waals surface area contributed by atoms with Crippen molar-refractivity contribution >= 4 is 40.4 Å². The van der Waals surface area contributed by atoms with E-state index in [0.29, 0.717) is 11.2 Å². The number of carbonyl (C=O) groups is 1. The van der Waals surface area contributed by atoms with E-state index < -0.39 is 0 Å². The topological polar surface area (TPSA) is 54.3 Å². The Labute approximate surface area is 227 Å². The second kappa shape index (κ2) is 9.99. The van der Waals surface area contributed by atoms with E-state index in [1.165, 1.54) is 46.7 Å². The van der Waals surface area contributed by atoms with Crippen molar-refractivity contribution in [2.24, 2.45) is 17.8 Å². The summed E-state index contributed by atoms with van der Waals surface area (Å²) in [6.07, 6.45) is 3.91. The lowest BCUT2D eigenvalue weighted by Gasteiger charge is -2.40. The number of nitrogens with zero attached hydrogens (tertiary/aromatic N) is 2. The van der Waals surface area contributed by atoms with Crippen molar-refractivity contribution in [1.29, 1.82) is 0 Å². The molecular weight excluding hydrogens is 498 g/mol. The maximum atomic E-state index is 13.3. The first-order chi connectivity index (χ1) is 18.0. The first-order valence-electron chi connectivity index (χ1n) is 13.6. The second-order valence-corrected chi connectivity index (χ2v) is 12.9. The minimum Gasteiger partial charge on any atom is -0.372 e. The maximum Gasteiger partial charge on any atom is 0.308 e. The third-order valence-corrected chi connectivity index (χ3v) is 11.6. The molecule has 1 N–H and O–H groups in total. The summed E-state index contributed by atoms with van der Waals surface area (Å²) in [5.41, 5.74) is 4.39. The molecule has 1 aliphatic heterocycles. The van der Waals surface area contributed by atoms with Gasteiger partial charge in [-0.25, -0.2) is 0 Å². The fourth-order valence-electron chi connectivity index (χ4n) is 6.99. The molecule has 6 rings (SSSR count). The smallest absolute Gasteiger partial charge is 0.308 e. The van der Waals surface area contributed by atoms with Gasteiger partial charge in [0, 0.05) is 40.5 Å². The van der Waals surface area contributed by atoms with Crippen molar-refractivity contribution in [2.45, 2.75) is 62.8 Å². The van der Waals surface area contributed by atoms with Gasteiger partial charge in [-0.3, -0.25) is 14.2 Å². The van der Waals surface area contributed by atoms with E-state index >= 15 is 0 Å². The highest BCUT2D eigenvalue weighted by atomic mass is 32.2. The molecule has 3 aliphatic rings. The molecule has 2 bridgehead atoms. The highest BCUT2D eigenvalue weighted by Gasteiger charge is 2.55. The van der Waals surface area contributed by atoms with Gasteiger partial charge in [0.2, 0.25) is 5.91 Å². The first kappa shape index (κ1) is 24.8. The number of aryl methyl sites for hydroxylation is 1. The zero-order valence-corrected chi connectivity index (χ0v) is 23.4. The molecule has 1 amide bonds. The molecule has 2 aliphatic carbocycles. The van der Waals surface area contributed by atoms with Crippen molar-refractivity contribution < 1.29 is 4.79 Å². The van der Waals surface area contributed by atoms with Crippen LogP contribution >= 0.6 is 23.1 Å². The standard InChI is InChI=1S/C30H35N3O2S2/c1-4-32(5-2)22-14-12-19(13-15-22)25-26-20-10-11-21(16-20)27(26)36-29-28(25)37-30(35)33(29)17-24(34)31-23-9-7-6-8-18(23)3/h6-9,12-15,20-21,25-27H,4-5,10-11,16-17H2,1-3H3,(H,31,34)/t20-,21-,25-,26-,27+/m0/s1. The molecular formula is C30H35N3O2S2. The van der Waals surface area contributed by atoms with Gasteiger partial charge in [0.05, 0.1) is 5.03 Å². The molecule has 7 heteroatoms. The van der Waals surface area contributed by atoms with Crippen LogP contribution < -0.4 is 15.1 Å². The minimum absolute atomic E-state index is 0.0190. The number of hydrogen-bond donors (Lipinski definition) is 1. The van der Waals surface area contributed by atoms with Gasteiger partial charge >= 0.3 is 4.87 Å². The van der Waals surface area contributed by atoms with Crippen LogP contribution in [-0.2, 0) is 11.3 Å². The molecule has 2 fully saturated rings. The summed E-state index contributed by atoms with van der Waals surface area (Å²) in [6, 6.07) is 16.9. The molecule has 0 spiro atoms. The zero-order valence-electron chi connectivity index (χ0n) is 21.8. The SMILES string of the molecule is CCN(CC)c1ccc([C@@H]2c3sc(=O)n(CC(=O)Nc4ccccc4C)c3S[C@@H]3[C@H]4CC[C@@H](C4)[C@@H]23)cc1. The van der Waals surface area contributed by atoms with Crippen LogP contribution in [0.15, 0.2) is 58.4 Å². The average Bonchev–Trinajstić information content (AvgIpc) is 3.60. The predicted molar refractivity (Wildman–Crippen MR) is 154 cm³/mol. The van der Waals surface area contributed by atoms with Gasteiger partial charge < -0.3 is 10.2 Å². The third kappa shape index (κ3) is 4.34. The highest BCUT2D eigenvalue weighted by Crippen LogP contribution is 2.64. The number of thioether (sulfide) groups is 1. The predicted octanol–water partition coefficient (Wildman–Crippen LogP) is 6.36. The molecule has 5 nitrogen and oxygen atoms in total. The van der Waals surface area contributed by atoms with Crippen molar-refractivity contribution in [2.75, 3.05) is 23.3 Å². The first-order valence-corrected chi connectivity index (χ1v) is 15.3. The average molecular weight is 534 g/mol. The Kier molecular flexibility index (Phi) is 6.70. The third-order valence-electron chi connectivity index (χ3n) is 8.79. The molecule has 3 aromatic rings. The number of anilines is 2. The van der Waals surface area contributed by atoms with Crippen LogP contribution in [0.25, 0.3) is 0 Å². The Morgan fingerprint density at radius 2 is 1.78 bits per heavy atom. The number of rotatable bonds is 7. The minimum atomic E-state index is -0.146. The lowest BCUT2D eigenvalue weighted by molar-refractivity contribution is -0.116. The lowest BCUT2D eigenvalue weighted by Crippen LogP contribution is -2.35. The van der Waals surface area contributed by atoms with Crippen molar-refractivity contribution in [3.63, 3.8) is 0 Å². The molecule has 194 valence electrons. The highest BCUT2D eigenvalue weighted by molar-refractivity contribution is 8.00. The van der Waals surface area contributed by atoms with Crippen molar-refractivity contribution in [3.8, 4) is 0 Å². The van der Waals surface area contributed by atoms with E-state index in [-0.39, 0.29) is 23.2 Å². The summed E-state index contributed by atoms with van der Waals surface area (Å²) in [4.78, 5) is 29.9. The van der Waals surface area contributed by atoms with E-state index in [1.54, 1.807) is 4.57 Å². The number of hydrogen-bond acceptors (Lipinski definition) is 5. The van der Waals surface area contributed by atoms with Crippen LogP contribution in [0.4, 0.5) is 11.4 Å². The van der Waals surface area contributed by atoms with E-state index in [1.807, 2.05) is 43.0 Å². The molecule has 5 atom stereocenters. The summed E-state index contributed by atoms with van der Waals surface area (Å²) in [5, 5.41) is 4.57. The Morgan fingerprint density at radius 1 is 1.05 bits per heavy atom. The quantitative estimate of drug-likeness (QED) is 0.384. The molecule has 2 heterocycles. The fraction of sp³-hybridized carbons (Fsp3) is 0.467. The van der Waals surface area contributed by atoms with Crippen LogP contribution in [0.3, 0.4) is 0 Å². The molecule has 1 aromatic heterocycles. The van der Waals surface area contributed by atoms with Gasteiger partial charge in [0.1, 0.15) is 6.54 Å². The number of fused-ring (bicyclic) bond motifs is 6. The largest absolute Gasteiger partial charge is 0.372 e. The van der Waals surface area contributed by atoms with Crippen molar-refractivity contribution in [1.82, 2.24) is 4.57 Å². The number of carbonyl (C=O) groups excluding carboxylic acids is 1. The summed E-state index contributed by atoms with van der Waals surface area (Å²) >= 11 is 3.25. The van der Waals surface area contributed by atoms with Gasteiger partial charge in [-0.2, -0.15) is 0 Å². The number of benzene rings is 2. The van der Waals surface area contributed by atoms with E-state index in [2.05, 4.69) is 48.3 Å². The summed E-state index contributed by atoms with van der Waals surface area (Å²) < 4.78 is 1.75. The molecule has 0 radical (unpaired) electrons. The number of thiazole rings is 1. The van der Waals surface area contributed by atoms with Crippen molar-refractivity contribution in [3.05, 3.63) is 74.2 Å². The van der Waals surface area contributed by atoms with Crippen LogP contribution in [-0.4, -0.2) is 28.8 Å². The Bertz CT molecular complexity index is 1360. The zero-order chi connectivity index (χ0) is 25.7. The number of amides is 1. The van der Waals surface area contributed by atoms with Gasteiger partial charge in [-0.1, -0.05) is 41.7 Å². The molecule has 2 aromatic carbocycles. The van der Waals surface area contributed by atoms with Gasteiger partial charge in [0.15, 0.2) is 0 Å². The van der Waals surface area contributed by atoms with Gasteiger partial charge in [-0.05, 0) is 87.1 Å². The van der Waals surface area contributed by atoms with Gasteiger partial charge in [0.25, 0.3) is 0 Å². The molecule has 2 saturated carbocycles. The van der Waals surface area contributed by atoms with E-state index in [4.69, 9.17) is 0 Å². The summed E-state index contributed by atoms with van der Waals surface area (Å²) in [7, 11) is 0. The fourth-order valence-corrected chi connectivity index (χ4v) is 10.1. The Hall–Kier alpha value is -2.51. The lowest BCUT2D eigenvalue weighted by atomic mass is 9.75. The molecule has 0 saturated heterocycles. The van der Waals surface area contributed by atoms with Gasteiger partial charge in [-0.15, -0.1) is 11.8 Å². The maximum absolute atomic E-state index is 13.3. The summed E-state index contributed by atoms with van der Waals surface area (Å²) in [5.74, 6) is 2.12. The normalized spacial score (nSPS) is 25.5. The Balaban J connectivity index is 1.35.